The minimum atomic E-state index is -4.52. The van der Waals surface area contributed by atoms with Crippen molar-refractivity contribution in [2.24, 2.45) is 0 Å². The molecule has 0 aromatic carbocycles. The van der Waals surface area contributed by atoms with Crippen LogP contribution in [0.1, 0.15) is 213 Å². The van der Waals surface area contributed by atoms with E-state index >= 15 is 0 Å². The van der Waals surface area contributed by atoms with Gasteiger partial charge in [-0.05, 0) is 38.5 Å². The molecule has 0 fully saturated rings. The highest BCUT2D eigenvalue weighted by atomic mass is 31.2. The molecule has 322 valence electrons. The third-order valence-corrected chi connectivity index (χ3v) is 11.0. The van der Waals surface area contributed by atoms with Crippen LogP contribution in [0.5, 0.6) is 0 Å². The Morgan fingerprint density at radius 1 is 0.556 bits per heavy atom. The Kier molecular flexibility index (Phi) is 38.5. The van der Waals surface area contributed by atoms with Gasteiger partial charge in [0.05, 0.1) is 34.4 Å². The first-order valence-electron chi connectivity index (χ1n) is 22.9. The molecule has 2 unspecified atom stereocenters. The molecule has 0 aliphatic rings. The van der Waals surface area contributed by atoms with E-state index in [1.165, 1.54) is 148 Å². The van der Waals surface area contributed by atoms with Crippen molar-refractivity contribution >= 4 is 13.8 Å². The van der Waals surface area contributed by atoms with E-state index in [0.29, 0.717) is 24.1 Å². The second-order valence-corrected chi connectivity index (χ2v) is 18.2. The molecule has 0 spiro atoms. The van der Waals surface area contributed by atoms with Gasteiger partial charge in [0.1, 0.15) is 19.3 Å². The molecular formula is C45H90NO7P. The molecular weight excluding hydrogens is 697 g/mol. The summed E-state index contributed by atoms with van der Waals surface area (Å²) in [6.07, 6.45) is 42.2. The highest BCUT2D eigenvalue weighted by Crippen LogP contribution is 2.38. The number of allylic oxidation sites excluding steroid dienone is 2. The zero-order valence-corrected chi connectivity index (χ0v) is 37.3. The van der Waals surface area contributed by atoms with Gasteiger partial charge in [0.2, 0.25) is 0 Å². The molecule has 0 aromatic rings. The van der Waals surface area contributed by atoms with Crippen molar-refractivity contribution in [1.82, 2.24) is 0 Å². The number of hydrogen-bond donors (Lipinski definition) is 0. The molecule has 0 N–H and O–H groups in total. The van der Waals surface area contributed by atoms with E-state index in [4.69, 9.17) is 18.5 Å². The van der Waals surface area contributed by atoms with Crippen LogP contribution in [0.15, 0.2) is 12.2 Å². The second kappa shape index (κ2) is 39.1. The van der Waals surface area contributed by atoms with E-state index in [9.17, 15) is 14.3 Å². The number of phosphoric ester groups is 1. The summed E-state index contributed by atoms with van der Waals surface area (Å²) >= 11 is 0. The minimum Gasteiger partial charge on any atom is -0.756 e. The second-order valence-electron chi connectivity index (χ2n) is 16.8. The Labute approximate surface area is 335 Å². The molecule has 0 bridgehead atoms. The number of likely N-dealkylation sites (N-methyl/N-ethyl adjacent to an activating group) is 1. The summed E-state index contributed by atoms with van der Waals surface area (Å²) in [6.45, 7) is 5.44. The van der Waals surface area contributed by atoms with Crippen LogP contribution in [-0.2, 0) is 27.9 Å². The topological polar surface area (TPSA) is 94.1 Å². The third-order valence-electron chi connectivity index (χ3n) is 10.1. The van der Waals surface area contributed by atoms with Gasteiger partial charge in [0.15, 0.2) is 0 Å². The van der Waals surface area contributed by atoms with E-state index in [1.54, 1.807) is 0 Å². The maximum atomic E-state index is 12.7. The molecule has 54 heavy (non-hydrogen) atoms. The number of carbonyl (C=O) groups excluding carboxylic acids is 1. The van der Waals surface area contributed by atoms with Crippen LogP contribution in [0, 0.1) is 0 Å². The van der Waals surface area contributed by atoms with E-state index in [1.807, 2.05) is 21.1 Å². The number of ether oxygens (including phenoxy) is 2. The maximum absolute atomic E-state index is 12.7. The standard InChI is InChI=1S/C45H90NO7P/c1-6-8-10-12-14-16-18-20-22-23-25-27-29-31-33-35-37-40-50-42-44(43-52-54(48,49)51-41-39-46(3,4)5)53-45(47)38-36-34-32-30-28-26-24-21-19-17-15-13-11-9-7-2/h21,24,44H,6-20,22-23,25-43H2,1-5H3/b24-21-. The van der Waals surface area contributed by atoms with Gasteiger partial charge < -0.3 is 27.9 Å². The normalized spacial score (nSPS) is 13.8. The fourth-order valence-electron chi connectivity index (χ4n) is 6.48. The van der Waals surface area contributed by atoms with Crippen molar-refractivity contribution < 1.29 is 37.3 Å². The van der Waals surface area contributed by atoms with Crippen molar-refractivity contribution in [3.05, 3.63) is 12.2 Å². The van der Waals surface area contributed by atoms with Crippen molar-refractivity contribution in [2.45, 2.75) is 219 Å². The van der Waals surface area contributed by atoms with Crippen molar-refractivity contribution in [3.63, 3.8) is 0 Å². The lowest BCUT2D eigenvalue weighted by molar-refractivity contribution is -0.870. The van der Waals surface area contributed by atoms with Crippen molar-refractivity contribution in [1.29, 1.82) is 0 Å². The number of hydrogen-bond acceptors (Lipinski definition) is 7. The number of carbonyl (C=O) groups is 1. The molecule has 2 atom stereocenters. The fourth-order valence-corrected chi connectivity index (χ4v) is 7.21. The van der Waals surface area contributed by atoms with E-state index in [2.05, 4.69) is 26.0 Å². The number of quaternary nitrogens is 1. The number of unbranched alkanes of at least 4 members (excludes halogenated alkanes) is 27. The maximum Gasteiger partial charge on any atom is 0.306 e. The first-order valence-corrected chi connectivity index (χ1v) is 24.4. The smallest absolute Gasteiger partial charge is 0.306 e. The quantitative estimate of drug-likeness (QED) is 0.0200. The zero-order valence-electron chi connectivity index (χ0n) is 36.4. The summed E-state index contributed by atoms with van der Waals surface area (Å²) in [5, 5.41) is 0. The highest BCUT2D eigenvalue weighted by Gasteiger charge is 2.20. The number of esters is 1. The Morgan fingerprint density at radius 3 is 1.41 bits per heavy atom. The first kappa shape index (κ1) is 53.2. The minimum absolute atomic E-state index is 0.0278. The van der Waals surface area contributed by atoms with Crippen LogP contribution in [0.4, 0.5) is 0 Å². The number of rotatable bonds is 43. The molecule has 0 rings (SSSR count). The van der Waals surface area contributed by atoms with Crippen LogP contribution in [-0.4, -0.2) is 70.7 Å². The van der Waals surface area contributed by atoms with Crippen LogP contribution in [0.2, 0.25) is 0 Å². The summed E-state index contributed by atoms with van der Waals surface area (Å²) < 4.78 is 34.6. The summed E-state index contributed by atoms with van der Waals surface area (Å²) in [6, 6.07) is 0. The van der Waals surface area contributed by atoms with E-state index in [0.717, 1.165) is 44.9 Å². The molecule has 0 aromatic heterocycles. The van der Waals surface area contributed by atoms with Gasteiger partial charge in [-0.2, -0.15) is 0 Å². The molecule has 9 heteroatoms. The third kappa shape index (κ3) is 42.4. The summed E-state index contributed by atoms with van der Waals surface area (Å²) in [5.41, 5.74) is 0. The summed E-state index contributed by atoms with van der Waals surface area (Å²) in [5.74, 6) is -0.339. The number of phosphoric acid groups is 1. The van der Waals surface area contributed by atoms with Crippen LogP contribution in [0.3, 0.4) is 0 Å². The first-order chi connectivity index (χ1) is 26.1. The predicted molar refractivity (Wildman–Crippen MR) is 227 cm³/mol. The molecule has 0 aliphatic heterocycles. The molecule has 8 nitrogen and oxygen atoms in total. The van der Waals surface area contributed by atoms with Gasteiger partial charge in [-0.15, -0.1) is 0 Å². The molecule has 0 saturated carbocycles. The predicted octanol–water partition coefficient (Wildman–Crippen LogP) is 12.8. The summed E-state index contributed by atoms with van der Waals surface area (Å²) in [4.78, 5) is 25.0. The van der Waals surface area contributed by atoms with Crippen LogP contribution >= 0.6 is 7.82 Å². The molecule has 0 amide bonds. The van der Waals surface area contributed by atoms with Gasteiger partial charge in [-0.3, -0.25) is 9.36 Å². The average Bonchev–Trinajstić information content (AvgIpc) is 3.12. The SMILES string of the molecule is CCCCCCCC/C=C\CCCCCCCC(=O)OC(COCCCCCCCCCCCCCCCCCCC)COP(=O)([O-])OCC[N+](C)(C)C. The van der Waals surface area contributed by atoms with E-state index < -0.39 is 13.9 Å². The Balaban J connectivity index is 4.19. The lowest BCUT2D eigenvalue weighted by Crippen LogP contribution is -2.37. The zero-order chi connectivity index (χ0) is 39.9. The van der Waals surface area contributed by atoms with Gasteiger partial charge in [0.25, 0.3) is 7.82 Å². The lowest BCUT2D eigenvalue weighted by Gasteiger charge is -2.28. The highest BCUT2D eigenvalue weighted by molar-refractivity contribution is 7.45. The molecule has 0 aliphatic carbocycles. The molecule has 0 radical (unpaired) electrons. The van der Waals surface area contributed by atoms with Crippen LogP contribution < -0.4 is 4.89 Å². The van der Waals surface area contributed by atoms with E-state index in [-0.39, 0.29) is 25.8 Å². The number of nitrogens with zero attached hydrogens (tertiary/aromatic N) is 1. The Hall–Kier alpha value is -0.760. The van der Waals surface area contributed by atoms with Crippen LogP contribution in [0.25, 0.3) is 0 Å². The monoisotopic (exact) mass is 788 g/mol. The summed E-state index contributed by atoms with van der Waals surface area (Å²) in [7, 11) is 1.36. The van der Waals surface area contributed by atoms with Crippen molar-refractivity contribution in [3.8, 4) is 0 Å². The van der Waals surface area contributed by atoms with Gasteiger partial charge >= 0.3 is 5.97 Å². The molecule has 0 saturated heterocycles. The fraction of sp³-hybridized carbons (Fsp3) is 0.933. The Morgan fingerprint density at radius 2 is 0.963 bits per heavy atom. The largest absolute Gasteiger partial charge is 0.756 e. The Bertz CT molecular complexity index is 879. The van der Waals surface area contributed by atoms with Gasteiger partial charge in [-0.25, -0.2) is 0 Å². The van der Waals surface area contributed by atoms with Gasteiger partial charge in [-0.1, -0.05) is 180 Å². The average molecular weight is 788 g/mol. The molecule has 0 heterocycles. The lowest BCUT2D eigenvalue weighted by atomic mass is 10.0. The van der Waals surface area contributed by atoms with Gasteiger partial charge in [0, 0.05) is 13.0 Å². The van der Waals surface area contributed by atoms with Crippen molar-refractivity contribution in [2.75, 3.05) is 54.1 Å².